The smallest absolute Gasteiger partial charge is 0.255 e. The fraction of sp³-hybridized carbons (Fsp3) is 0.417. The number of hydrogen-bond acceptors (Lipinski definition) is 4. The monoisotopic (exact) mass is 273 g/mol. The average Bonchev–Trinajstić information content (AvgIpc) is 2.33. The van der Waals surface area contributed by atoms with Crippen molar-refractivity contribution in [3.63, 3.8) is 0 Å². The number of aliphatic hydroxyl groups is 1. The molecule has 3 N–H and O–H groups in total. The highest BCUT2D eigenvalue weighted by molar-refractivity contribution is 6.31. The Hall–Kier alpha value is -1.30. The number of phenols is 1. The number of aliphatic hydroxyl groups excluding tert-OH is 1. The molecule has 0 heterocycles. The molecular weight excluding hydrogens is 258 g/mol. The van der Waals surface area contributed by atoms with Crippen molar-refractivity contribution in [3.8, 4) is 5.75 Å². The Morgan fingerprint density at radius 1 is 1.56 bits per heavy atom. The number of carbonyl (C=O) groups excluding carboxylic acids is 1. The Labute approximate surface area is 110 Å². The van der Waals surface area contributed by atoms with Crippen LogP contribution in [0.1, 0.15) is 16.8 Å². The third-order valence-electron chi connectivity index (χ3n) is 2.38. The number of benzene rings is 1. The highest BCUT2D eigenvalue weighted by Gasteiger charge is 2.16. The second-order valence-electron chi connectivity index (χ2n) is 3.80. The third-order valence-corrected chi connectivity index (χ3v) is 2.62. The molecule has 100 valence electrons. The molecule has 0 saturated heterocycles. The summed E-state index contributed by atoms with van der Waals surface area (Å²) in [5, 5.41) is 21.5. The van der Waals surface area contributed by atoms with Crippen molar-refractivity contribution < 1.29 is 19.7 Å². The standard InChI is InChI=1S/C12H16ClNO4/c1-18-7-9(4-5-15)14-12(17)10-6-8(13)2-3-11(10)16/h2-3,6,9,15-16H,4-5,7H2,1H3,(H,14,17). The van der Waals surface area contributed by atoms with Gasteiger partial charge in [-0.2, -0.15) is 0 Å². The molecular formula is C12H16ClNO4. The van der Waals surface area contributed by atoms with E-state index in [4.69, 9.17) is 21.4 Å². The van der Waals surface area contributed by atoms with Gasteiger partial charge in [-0.05, 0) is 24.6 Å². The largest absolute Gasteiger partial charge is 0.507 e. The lowest BCUT2D eigenvalue weighted by Gasteiger charge is -2.17. The molecule has 1 atom stereocenters. The summed E-state index contributed by atoms with van der Waals surface area (Å²) < 4.78 is 4.93. The number of phenolic OH excluding ortho intramolecular Hbond substituents is 1. The number of rotatable bonds is 6. The van der Waals surface area contributed by atoms with Crippen LogP contribution in [0.15, 0.2) is 18.2 Å². The van der Waals surface area contributed by atoms with E-state index in [1.807, 2.05) is 0 Å². The zero-order valence-corrected chi connectivity index (χ0v) is 10.8. The molecule has 18 heavy (non-hydrogen) atoms. The molecule has 5 nitrogen and oxygen atoms in total. The predicted molar refractivity (Wildman–Crippen MR) is 67.9 cm³/mol. The number of carbonyl (C=O) groups is 1. The first-order valence-corrected chi connectivity index (χ1v) is 5.85. The lowest BCUT2D eigenvalue weighted by molar-refractivity contribution is 0.0876. The fourth-order valence-electron chi connectivity index (χ4n) is 1.51. The van der Waals surface area contributed by atoms with Crippen LogP contribution in [0.5, 0.6) is 5.75 Å². The van der Waals surface area contributed by atoms with Crippen molar-refractivity contribution in [3.05, 3.63) is 28.8 Å². The van der Waals surface area contributed by atoms with Gasteiger partial charge in [0.05, 0.1) is 18.2 Å². The number of halogens is 1. The molecule has 0 bridgehead atoms. The summed E-state index contributed by atoms with van der Waals surface area (Å²) >= 11 is 5.76. The maximum absolute atomic E-state index is 11.9. The molecule has 6 heteroatoms. The van der Waals surface area contributed by atoms with Gasteiger partial charge >= 0.3 is 0 Å². The number of amides is 1. The minimum absolute atomic E-state index is 0.0597. The van der Waals surface area contributed by atoms with Crippen LogP contribution in [0.3, 0.4) is 0 Å². The second-order valence-corrected chi connectivity index (χ2v) is 4.24. The minimum Gasteiger partial charge on any atom is -0.507 e. The van der Waals surface area contributed by atoms with Gasteiger partial charge in [0, 0.05) is 18.7 Å². The molecule has 1 amide bonds. The van der Waals surface area contributed by atoms with Crippen LogP contribution in [0.4, 0.5) is 0 Å². The van der Waals surface area contributed by atoms with E-state index in [2.05, 4.69) is 5.32 Å². The van der Waals surface area contributed by atoms with Crippen molar-refractivity contribution in [1.29, 1.82) is 0 Å². The van der Waals surface area contributed by atoms with Crippen molar-refractivity contribution in [2.45, 2.75) is 12.5 Å². The lowest BCUT2D eigenvalue weighted by atomic mass is 10.1. The van der Waals surface area contributed by atoms with E-state index in [1.54, 1.807) is 0 Å². The van der Waals surface area contributed by atoms with Gasteiger partial charge in [-0.1, -0.05) is 11.6 Å². The fourth-order valence-corrected chi connectivity index (χ4v) is 1.68. The van der Waals surface area contributed by atoms with Gasteiger partial charge in [0.1, 0.15) is 5.75 Å². The maximum atomic E-state index is 11.9. The first-order valence-electron chi connectivity index (χ1n) is 5.47. The Balaban J connectivity index is 2.76. The van der Waals surface area contributed by atoms with Gasteiger partial charge in [0.25, 0.3) is 5.91 Å². The molecule has 0 saturated carbocycles. The zero-order valence-electron chi connectivity index (χ0n) is 10.0. The SMILES string of the molecule is COCC(CCO)NC(=O)c1cc(Cl)ccc1O. The van der Waals surface area contributed by atoms with Crippen LogP contribution >= 0.6 is 11.6 Å². The first-order chi connectivity index (χ1) is 8.58. The van der Waals surface area contributed by atoms with Crippen LogP contribution in [-0.2, 0) is 4.74 Å². The Morgan fingerprint density at radius 3 is 2.89 bits per heavy atom. The molecule has 0 fully saturated rings. The van der Waals surface area contributed by atoms with Gasteiger partial charge in [-0.25, -0.2) is 0 Å². The number of nitrogens with one attached hydrogen (secondary N) is 1. The van der Waals surface area contributed by atoms with E-state index < -0.39 is 5.91 Å². The van der Waals surface area contributed by atoms with Gasteiger partial charge < -0.3 is 20.3 Å². The normalized spacial score (nSPS) is 12.2. The van der Waals surface area contributed by atoms with Crippen LogP contribution in [0.25, 0.3) is 0 Å². The van der Waals surface area contributed by atoms with Crippen LogP contribution < -0.4 is 5.32 Å². The Morgan fingerprint density at radius 2 is 2.28 bits per heavy atom. The van der Waals surface area contributed by atoms with E-state index in [1.165, 1.54) is 25.3 Å². The van der Waals surface area contributed by atoms with Gasteiger partial charge in [0.2, 0.25) is 0 Å². The van der Waals surface area contributed by atoms with Crippen LogP contribution in [0.2, 0.25) is 5.02 Å². The Kier molecular flexibility index (Phi) is 5.91. The van der Waals surface area contributed by atoms with Crippen LogP contribution in [0, 0.1) is 0 Å². The van der Waals surface area contributed by atoms with Crippen LogP contribution in [-0.4, -0.2) is 42.5 Å². The Bertz CT molecular complexity index is 405. The molecule has 1 unspecified atom stereocenters. The third kappa shape index (κ3) is 4.18. The van der Waals surface area contributed by atoms with E-state index in [9.17, 15) is 9.90 Å². The second kappa shape index (κ2) is 7.20. The average molecular weight is 274 g/mol. The number of ether oxygens (including phenoxy) is 1. The summed E-state index contributed by atoms with van der Waals surface area (Å²) in [5.41, 5.74) is 0.0987. The lowest BCUT2D eigenvalue weighted by Crippen LogP contribution is -2.38. The predicted octanol–water partition coefficient (Wildman–Crippen LogP) is 1.17. The van der Waals surface area contributed by atoms with E-state index in [0.717, 1.165) is 0 Å². The highest BCUT2D eigenvalue weighted by Crippen LogP contribution is 2.21. The minimum atomic E-state index is -0.453. The molecule has 0 radical (unpaired) electrons. The molecule has 1 aromatic carbocycles. The molecule has 0 aliphatic heterocycles. The quantitative estimate of drug-likeness (QED) is 0.727. The number of methoxy groups -OCH3 is 1. The first kappa shape index (κ1) is 14.8. The summed E-state index contributed by atoms with van der Waals surface area (Å²) in [6.45, 7) is 0.226. The summed E-state index contributed by atoms with van der Waals surface area (Å²) in [6.07, 6.45) is 0.376. The van der Waals surface area contributed by atoms with Gasteiger partial charge in [0.15, 0.2) is 0 Å². The topological polar surface area (TPSA) is 78.8 Å². The molecule has 0 spiro atoms. The van der Waals surface area contributed by atoms with Crippen molar-refractivity contribution >= 4 is 17.5 Å². The van der Waals surface area contributed by atoms with E-state index >= 15 is 0 Å². The van der Waals surface area contributed by atoms with Crippen molar-refractivity contribution in [2.75, 3.05) is 20.3 Å². The molecule has 1 aromatic rings. The number of aromatic hydroxyl groups is 1. The summed E-state index contributed by atoms with van der Waals surface area (Å²) in [4.78, 5) is 11.9. The molecule has 0 aliphatic carbocycles. The van der Waals surface area contributed by atoms with Gasteiger partial charge in [-0.15, -0.1) is 0 Å². The summed E-state index contributed by atoms with van der Waals surface area (Å²) in [7, 11) is 1.51. The zero-order chi connectivity index (χ0) is 13.5. The summed E-state index contributed by atoms with van der Waals surface area (Å²) in [5.74, 6) is -0.595. The van der Waals surface area contributed by atoms with E-state index in [0.29, 0.717) is 11.4 Å². The molecule has 0 aromatic heterocycles. The highest BCUT2D eigenvalue weighted by atomic mass is 35.5. The van der Waals surface area contributed by atoms with Crippen molar-refractivity contribution in [1.82, 2.24) is 5.32 Å². The van der Waals surface area contributed by atoms with Gasteiger partial charge in [-0.3, -0.25) is 4.79 Å². The maximum Gasteiger partial charge on any atom is 0.255 e. The molecule has 0 aliphatic rings. The summed E-state index contributed by atoms with van der Waals surface area (Å²) in [6, 6.07) is 3.92. The van der Waals surface area contributed by atoms with E-state index in [-0.39, 0.29) is 30.6 Å². The molecule has 1 rings (SSSR count). The number of hydrogen-bond donors (Lipinski definition) is 3. The van der Waals surface area contributed by atoms with Crippen molar-refractivity contribution in [2.24, 2.45) is 0 Å².